The van der Waals surface area contributed by atoms with Crippen molar-refractivity contribution in [3.05, 3.63) is 69.3 Å². The second-order valence-electron chi connectivity index (χ2n) is 7.94. The van der Waals surface area contributed by atoms with Gasteiger partial charge in [0.25, 0.3) is 11.6 Å². The first kappa shape index (κ1) is 24.3. The maximum atomic E-state index is 13.1. The number of hydrogen-bond acceptors (Lipinski definition) is 7. The molecule has 0 saturated carbocycles. The summed E-state index contributed by atoms with van der Waals surface area (Å²) < 4.78 is 32.3. The normalized spacial score (nSPS) is 16.3. The van der Waals surface area contributed by atoms with Gasteiger partial charge in [0.05, 0.1) is 22.5 Å². The average molecular weight is 476 g/mol. The second kappa shape index (κ2) is 10.1. The fraction of sp³-hybridized carbons (Fsp3) is 0.364. The van der Waals surface area contributed by atoms with Crippen molar-refractivity contribution in [2.45, 2.75) is 24.7 Å². The molecule has 0 aromatic heterocycles. The highest BCUT2D eigenvalue weighted by atomic mass is 32.2. The lowest BCUT2D eigenvalue weighted by Gasteiger charge is -2.33. The molecule has 0 radical (unpaired) electrons. The van der Waals surface area contributed by atoms with E-state index < -0.39 is 26.8 Å². The fourth-order valence-electron chi connectivity index (χ4n) is 3.70. The van der Waals surface area contributed by atoms with Gasteiger partial charge in [0.2, 0.25) is 10.0 Å². The van der Waals surface area contributed by atoms with Gasteiger partial charge in [-0.15, -0.1) is 0 Å². The first-order valence-electron chi connectivity index (χ1n) is 10.3. The molecule has 1 aliphatic rings. The third-order valence-electron chi connectivity index (χ3n) is 5.50. The quantitative estimate of drug-likeness (QED) is 0.369. The molecule has 1 heterocycles. The van der Waals surface area contributed by atoms with Gasteiger partial charge >= 0.3 is 5.97 Å². The van der Waals surface area contributed by atoms with E-state index in [-0.39, 0.29) is 40.7 Å². The number of sulfonamides is 1. The number of amides is 1. The van der Waals surface area contributed by atoms with E-state index in [2.05, 4.69) is 9.46 Å². The predicted molar refractivity (Wildman–Crippen MR) is 119 cm³/mol. The number of hydrogen-bond donors (Lipinski definition) is 1. The number of nitro groups is 1. The first-order valence-corrected chi connectivity index (χ1v) is 11.8. The van der Waals surface area contributed by atoms with Crippen LogP contribution in [0.15, 0.2) is 47.4 Å². The Morgan fingerprint density at radius 2 is 1.85 bits per heavy atom. The number of aryl methyl sites for hydroxylation is 1. The van der Waals surface area contributed by atoms with Gasteiger partial charge in [0.15, 0.2) is 0 Å². The molecule has 176 valence electrons. The third-order valence-corrected chi connectivity index (χ3v) is 6.94. The van der Waals surface area contributed by atoms with Crippen LogP contribution < -0.4 is 4.72 Å². The molecule has 0 aliphatic carbocycles. The lowest BCUT2D eigenvalue weighted by atomic mass is 9.97. The summed E-state index contributed by atoms with van der Waals surface area (Å²) in [5.41, 5.74) is 0.479. The van der Waals surface area contributed by atoms with E-state index >= 15 is 0 Å². The van der Waals surface area contributed by atoms with Crippen molar-refractivity contribution < 1.29 is 27.7 Å². The molecular formula is C22H25N3O7S. The van der Waals surface area contributed by atoms with Gasteiger partial charge in [-0.1, -0.05) is 17.7 Å². The Morgan fingerprint density at radius 3 is 2.48 bits per heavy atom. The van der Waals surface area contributed by atoms with Gasteiger partial charge in [-0.05, 0) is 43.9 Å². The lowest BCUT2D eigenvalue weighted by molar-refractivity contribution is -0.384. The van der Waals surface area contributed by atoms with Crippen LogP contribution in [-0.4, -0.2) is 56.9 Å². The van der Waals surface area contributed by atoms with E-state index in [0.717, 1.165) is 31.2 Å². The number of carbonyl (C=O) groups excluding carboxylic acids is 2. The summed E-state index contributed by atoms with van der Waals surface area (Å²) in [6, 6.07) is 9.96. The van der Waals surface area contributed by atoms with Crippen LogP contribution in [0.2, 0.25) is 0 Å². The largest absolute Gasteiger partial charge is 0.465 e. The molecule has 33 heavy (non-hydrogen) atoms. The predicted octanol–water partition coefficient (Wildman–Crippen LogP) is 2.52. The van der Waals surface area contributed by atoms with E-state index in [9.17, 15) is 28.1 Å². The van der Waals surface area contributed by atoms with Crippen LogP contribution >= 0.6 is 0 Å². The molecule has 0 bridgehead atoms. The minimum absolute atomic E-state index is 0.00508. The Balaban J connectivity index is 1.72. The zero-order valence-corrected chi connectivity index (χ0v) is 19.1. The number of ether oxygens (including phenoxy) is 1. The van der Waals surface area contributed by atoms with Gasteiger partial charge in [0, 0.05) is 37.3 Å². The minimum atomic E-state index is -3.68. The second-order valence-corrected chi connectivity index (χ2v) is 9.71. The van der Waals surface area contributed by atoms with Crippen molar-refractivity contribution in [2.75, 3.05) is 26.7 Å². The Kier molecular flexibility index (Phi) is 7.44. The van der Waals surface area contributed by atoms with E-state index in [1.54, 1.807) is 12.1 Å². The summed E-state index contributed by atoms with van der Waals surface area (Å²) in [7, 11) is -2.53. The van der Waals surface area contributed by atoms with Crippen LogP contribution in [-0.2, 0) is 14.8 Å². The third kappa shape index (κ3) is 5.93. The number of esters is 1. The molecule has 10 nitrogen and oxygen atoms in total. The average Bonchev–Trinajstić information content (AvgIpc) is 2.82. The molecule has 1 fully saturated rings. The van der Waals surface area contributed by atoms with Crippen LogP contribution in [0.4, 0.5) is 5.69 Å². The summed E-state index contributed by atoms with van der Waals surface area (Å²) in [6.45, 7) is 2.73. The standard InChI is InChI=1S/C22H25N3O7S/c1-15-5-7-20(8-6-15)33(30,31)23-13-16-4-3-9-24(14-16)21(26)17-10-18(22(27)32-2)12-19(11-17)25(28)29/h5-8,10-12,16,23H,3-4,9,13-14H2,1-2H3. The van der Waals surface area contributed by atoms with Gasteiger partial charge in [-0.25, -0.2) is 17.9 Å². The zero-order chi connectivity index (χ0) is 24.2. The SMILES string of the molecule is COC(=O)c1cc(C(=O)N2CCCC(CNS(=O)(=O)c3ccc(C)cc3)C2)cc([N+](=O)[O-])c1. The molecule has 0 spiro atoms. The number of nitrogens with zero attached hydrogens (tertiary/aromatic N) is 2. The number of likely N-dealkylation sites (tertiary alicyclic amines) is 1. The van der Waals surface area contributed by atoms with Crippen LogP contribution in [0.3, 0.4) is 0 Å². The van der Waals surface area contributed by atoms with Crippen LogP contribution in [0.5, 0.6) is 0 Å². The Hall–Kier alpha value is -3.31. The van der Waals surface area contributed by atoms with Gasteiger partial charge in [-0.2, -0.15) is 0 Å². The number of benzene rings is 2. The Morgan fingerprint density at radius 1 is 1.18 bits per heavy atom. The highest BCUT2D eigenvalue weighted by molar-refractivity contribution is 7.89. The molecule has 1 saturated heterocycles. The van der Waals surface area contributed by atoms with E-state index in [1.165, 1.54) is 23.1 Å². The van der Waals surface area contributed by atoms with Gasteiger partial charge in [0.1, 0.15) is 0 Å². The highest BCUT2D eigenvalue weighted by Gasteiger charge is 2.28. The van der Waals surface area contributed by atoms with E-state index in [1.807, 2.05) is 6.92 Å². The minimum Gasteiger partial charge on any atom is -0.465 e. The van der Waals surface area contributed by atoms with Crippen molar-refractivity contribution in [1.82, 2.24) is 9.62 Å². The van der Waals surface area contributed by atoms with Crippen LogP contribution in [0.1, 0.15) is 39.1 Å². The van der Waals surface area contributed by atoms with Crippen LogP contribution in [0.25, 0.3) is 0 Å². The number of non-ortho nitro benzene ring substituents is 1. The number of piperidine rings is 1. The number of nitro benzene ring substituents is 1. The monoisotopic (exact) mass is 475 g/mol. The van der Waals surface area contributed by atoms with Crippen LogP contribution in [0, 0.1) is 23.0 Å². The zero-order valence-electron chi connectivity index (χ0n) is 18.3. The van der Waals surface area contributed by atoms with Crippen molar-refractivity contribution in [2.24, 2.45) is 5.92 Å². The maximum absolute atomic E-state index is 13.1. The molecule has 1 atom stereocenters. The summed E-state index contributed by atoms with van der Waals surface area (Å²) in [5.74, 6) is -1.37. The molecule has 2 aromatic carbocycles. The van der Waals surface area contributed by atoms with Gasteiger partial charge in [-0.3, -0.25) is 14.9 Å². The van der Waals surface area contributed by atoms with Crippen molar-refractivity contribution in [3.63, 3.8) is 0 Å². The van der Waals surface area contributed by atoms with E-state index in [0.29, 0.717) is 13.0 Å². The molecule has 1 amide bonds. The summed E-state index contributed by atoms with van der Waals surface area (Å²) in [4.78, 5) is 37.2. The Bertz CT molecular complexity index is 1160. The summed E-state index contributed by atoms with van der Waals surface area (Å²) in [6.07, 6.45) is 1.38. The van der Waals surface area contributed by atoms with Crippen molar-refractivity contribution in [1.29, 1.82) is 0 Å². The molecule has 2 aromatic rings. The molecule has 3 rings (SSSR count). The topological polar surface area (TPSA) is 136 Å². The highest BCUT2D eigenvalue weighted by Crippen LogP contribution is 2.23. The van der Waals surface area contributed by atoms with E-state index in [4.69, 9.17) is 0 Å². The summed E-state index contributed by atoms with van der Waals surface area (Å²) in [5, 5.41) is 11.2. The molecule has 1 N–H and O–H groups in total. The first-order chi connectivity index (χ1) is 15.6. The summed E-state index contributed by atoms with van der Waals surface area (Å²) >= 11 is 0. The number of carbonyl (C=O) groups is 2. The lowest BCUT2D eigenvalue weighted by Crippen LogP contribution is -2.43. The number of nitrogens with one attached hydrogen (secondary N) is 1. The number of methoxy groups -OCH3 is 1. The maximum Gasteiger partial charge on any atom is 0.338 e. The smallest absolute Gasteiger partial charge is 0.338 e. The van der Waals surface area contributed by atoms with Crippen molar-refractivity contribution in [3.8, 4) is 0 Å². The number of rotatable bonds is 7. The van der Waals surface area contributed by atoms with Crippen molar-refractivity contribution >= 4 is 27.6 Å². The molecule has 1 unspecified atom stereocenters. The fourth-order valence-corrected chi connectivity index (χ4v) is 4.82. The molecule has 1 aliphatic heterocycles. The molecular weight excluding hydrogens is 450 g/mol. The Labute approximate surface area is 191 Å². The van der Waals surface area contributed by atoms with Gasteiger partial charge < -0.3 is 9.64 Å². The molecule has 11 heteroatoms.